The van der Waals surface area contributed by atoms with E-state index in [0.29, 0.717) is 6.42 Å². The normalized spacial score (nSPS) is 12.2. The highest BCUT2D eigenvalue weighted by molar-refractivity contribution is 6.31. The zero-order valence-electron chi connectivity index (χ0n) is 12.4. The van der Waals surface area contributed by atoms with Gasteiger partial charge in [-0.3, -0.25) is 0 Å². The predicted molar refractivity (Wildman–Crippen MR) is 84.6 cm³/mol. The minimum Gasteiger partial charge on any atom is -0.494 e. The maximum absolute atomic E-state index is 13.8. The molecule has 0 aliphatic carbocycles. The number of hydrogen-bond acceptors (Lipinski definition) is 2. The molecular formula is C17H19ClFNO. The van der Waals surface area contributed by atoms with Gasteiger partial charge in [-0.2, -0.15) is 0 Å². The van der Waals surface area contributed by atoms with Gasteiger partial charge in [0.25, 0.3) is 0 Å². The molecule has 1 N–H and O–H groups in total. The summed E-state index contributed by atoms with van der Waals surface area (Å²) < 4.78 is 18.7. The standard InChI is InChI=1S/C17H19ClFNO/c1-11-4-6-13(10-14(11)18)16(20-2)9-12-5-7-17(21-3)15(19)8-12/h4-8,10,16,20H,9H2,1-3H3. The lowest BCUT2D eigenvalue weighted by Gasteiger charge is -2.18. The Morgan fingerprint density at radius 3 is 2.57 bits per heavy atom. The van der Waals surface area contributed by atoms with Gasteiger partial charge >= 0.3 is 0 Å². The molecule has 0 bridgehead atoms. The Morgan fingerprint density at radius 2 is 2.00 bits per heavy atom. The van der Waals surface area contributed by atoms with Gasteiger partial charge in [-0.15, -0.1) is 0 Å². The van der Waals surface area contributed by atoms with Crippen molar-refractivity contribution in [2.75, 3.05) is 14.2 Å². The lowest BCUT2D eigenvalue weighted by Crippen LogP contribution is -2.19. The first-order valence-corrected chi connectivity index (χ1v) is 7.18. The molecule has 0 aliphatic rings. The molecule has 2 aromatic rings. The van der Waals surface area contributed by atoms with Crippen LogP contribution in [0.3, 0.4) is 0 Å². The number of likely N-dealkylation sites (N-methyl/N-ethyl adjacent to an activating group) is 1. The molecule has 0 amide bonds. The number of halogens is 2. The van der Waals surface area contributed by atoms with E-state index in [4.69, 9.17) is 16.3 Å². The Morgan fingerprint density at radius 1 is 1.24 bits per heavy atom. The van der Waals surface area contributed by atoms with Gasteiger partial charge in [-0.1, -0.05) is 29.8 Å². The number of nitrogens with one attached hydrogen (secondary N) is 1. The van der Waals surface area contributed by atoms with Crippen molar-refractivity contribution in [1.82, 2.24) is 5.32 Å². The average Bonchev–Trinajstić information content (AvgIpc) is 2.48. The number of hydrogen-bond donors (Lipinski definition) is 1. The number of rotatable bonds is 5. The Kier molecular flexibility index (Phi) is 5.21. The maximum atomic E-state index is 13.8. The fraction of sp³-hybridized carbons (Fsp3) is 0.294. The van der Waals surface area contributed by atoms with Gasteiger partial charge in [-0.05, 0) is 55.3 Å². The molecule has 0 radical (unpaired) electrons. The van der Waals surface area contributed by atoms with Crippen LogP contribution in [-0.4, -0.2) is 14.2 Å². The fourth-order valence-corrected chi connectivity index (χ4v) is 2.47. The molecule has 4 heteroatoms. The monoisotopic (exact) mass is 307 g/mol. The smallest absolute Gasteiger partial charge is 0.165 e. The van der Waals surface area contributed by atoms with Crippen LogP contribution in [0.2, 0.25) is 5.02 Å². The summed E-state index contributed by atoms with van der Waals surface area (Å²) in [6.07, 6.45) is 0.677. The summed E-state index contributed by atoms with van der Waals surface area (Å²) in [4.78, 5) is 0. The summed E-state index contributed by atoms with van der Waals surface area (Å²) in [5.41, 5.74) is 3.04. The zero-order chi connectivity index (χ0) is 15.4. The van der Waals surface area contributed by atoms with E-state index in [0.717, 1.165) is 21.7 Å². The molecule has 2 nitrogen and oxygen atoms in total. The van der Waals surface area contributed by atoms with Crippen LogP contribution in [0.15, 0.2) is 36.4 Å². The molecule has 21 heavy (non-hydrogen) atoms. The van der Waals surface area contributed by atoms with Crippen molar-refractivity contribution >= 4 is 11.6 Å². The van der Waals surface area contributed by atoms with Crippen LogP contribution >= 0.6 is 11.6 Å². The van der Waals surface area contributed by atoms with E-state index in [2.05, 4.69) is 5.32 Å². The minimum absolute atomic E-state index is 0.0795. The number of ether oxygens (including phenoxy) is 1. The van der Waals surface area contributed by atoms with Gasteiger partial charge in [0.1, 0.15) is 0 Å². The van der Waals surface area contributed by atoms with E-state index < -0.39 is 0 Å². The van der Waals surface area contributed by atoms with Gasteiger partial charge in [-0.25, -0.2) is 4.39 Å². The molecule has 0 heterocycles. The highest BCUT2D eigenvalue weighted by atomic mass is 35.5. The van der Waals surface area contributed by atoms with Crippen molar-refractivity contribution in [3.05, 3.63) is 63.9 Å². The Labute approximate surface area is 129 Å². The first-order chi connectivity index (χ1) is 10.0. The molecule has 2 rings (SSSR count). The van der Waals surface area contributed by atoms with E-state index in [9.17, 15) is 4.39 Å². The molecule has 0 saturated heterocycles. The van der Waals surface area contributed by atoms with Crippen LogP contribution in [0.5, 0.6) is 5.75 Å². The minimum atomic E-state index is -0.341. The van der Waals surface area contributed by atoms with Crippen LogP contribution in [0.25, 0.3) is 0 Å². The maximum Gasteiger partial charge on any atom is 0.165 e. The van der Waals surface area contributed by atoms with Gasteiger partial charge in [0.15, 0.2) is 11.6 Å². The molecule has 0 saturated carbocycles. The molecule has 1 unspecified atom stereocenters. The SMILES string of the molecule is CNC(Cc1ccc(OC)c(F)c1)c1ccc(C)c(Cl)c1. The summed E-state index contributed by atoms with van der Waals surface area (Å²) in [5.74, 6) is -0.0788. The van der Waals surface area contributed by atoms with Crippen molar-refractivity contribution < 1.29 is 9.13 Å². The predicted octanol–water partition coefficient (Wildman–Crippen LogP) is 4.30. The molecule has 1 atom stereocenters. The highest BCUT2D eigenvalue weighted by Crippen LogP contribution is 2.25. The molecule has 0 aliphatic heterocycles. The summed E-state index contributed by atoms with van der Waals surface area (Å²) in [6, 6.07) is 11.1. The zero-order valence-corrected chi connectivity index (χ0v) is 13.2. The fourth-order valence-electron chi connectivity index (χ4n) is 2.28. The van der Waals surface area contributed by atoms with Crippen molar-refractivity contribution in [2.45, 2.75) is 19.4 Å². The van der Waals surface area contributed by atoms with Crippen LogP contribution in [0.1, 0.15) is 22.7 Å². The number of benzene rings is 2. The Balaban J connectivity index is 2.22. The van der Waals surface area contributed by atoms with Gasteiger partial charge in [0.2, 0.25) is 0 Å². The third kappa shape index (κ3) is 3.74. The largest absolute Gasteiger partial charge is 0.494 e. The highest BCUT2D eigenvalue weighted by Gasteiger charge is 2.13. The van der Waals surface area contributed by atoms with Gasteiger partial charge in [0, 0.05) is 11.1 Å². The Hall–Kier alpha value is -1.58. The third-order valence-corrected chi connectivity index (χ3v) is 4.01. The second kappa shape index (κ2) is 6.92. The summed E-state index contributed by atoms with van der Waals surface area (Å²) in [5, 5.41) is 3.99. The third-order valence-electron chi connectivity index (χ3n) is 3.60. The lowest BCUT2D eigenvalue weighted by atomic mass is 9.98. The number of methoxy groups -OCH3 is 1. The molecule has 2 aromatic carbocycles. The van der Waals surface area contributed by atoms with E-state index >= 15 is 0 Å². The second-order valence-electron chi connectivity index (χ2n) is 5.02. The number of aryl methyl sites for hydroxylation is 1. The van der Waals surface area contributed by atoms with Crippen LogP contribution < -0.4 is 10.1 Å². The van der Waals surface area contributed by atoms with Crippen molar-refractivity contribution in [1.29, 1.82) is 0 Å². The molecule has 0 spiro atoms. The van der Waals surface area contributed by atoms with E-state index in [1.807, 2.05) is 38.2 Å². The van der Waals surface area contributed by atoms with Crippen molar-refractivity contribution in [3.8, 4) is 5.75 Å². The average molecular weight is 308 g/mol. The quantitative estimate of drug-likeness (QED) is 0.889. The topological polar surface area (TPSA) is 21.3 Å². The van der Waals surface area contributed by atoms with Crippen LogP contribution in [0.4, 0.5) is 4.39 Å². The molecule has 0 fully saturated rings. The first kappa shape index (κ1) is 15.8. The van der Waals surface area contributed by atoms with Crippen molar-refractivity contribution in [3.63, 3.8) is 0 Å². The molecular weight excluding hydrogens is 289 g/mol. The van der Waals surface area contributed by atoms with E-state index in [1.54, 1.807) is 6.07 Å². The summed E-state index contributed by atoms with van der Waals surface area (Å²) >= 11 is 6.18. The first-order valence-electron chi connectivity index (χ1n) is 6.81. The molecule has 112 valence electrons. The molecule has 0 aromatic heterocycles. The summed E-state index contributed by atoms with van der Waals surface area (Å²) in [7, 11) is 3.35. The second-order valence-corrected chi connectivity index (χ2v) is 5.43. The summed E-state index contributed by atoms with van der Waals surface area (Å²) in [6.45, 7) is 1.97. The van der Waals surface area contributed by atoms with Crippen LogP contribution in [0, 0.1) is 12.7 Å². The van der Waals surface area contributed by atoms with Gasteiger partial charge in [0.05, 0.1) is 7.11 Å². The Bertz CT molecular complexity index is 630. The van der Waals surface area contributed by atoms with E-state index in [1.165, 1.54) is 13.2 Å². The van der Waals surface area contributed by atoms with Crippen LogP contribution in [-0.2, 0) is 6.42 Å². The lowest BCUT2D eigenvalue weighted by molar-refractivity contribution is 0.386. The van der Waals surface area contributed by atoms with Gasteiger partial charge < -0.3 is 10.1 Å². The van der Waals surface area contributed by atoms with E-state index in [-0.39, 0.29) is 17.6 Å². The van der Waals surface area contributed by atoms with Crippen molar-refractivity contribution in [2.24, 2.45) is 0 Å².